The van der Waals surface area contributed by atoms with E-state index < -0.39 is 15.9 Å². The van der Waals surface area contributed by atoms with Gasteiger partial charge < -0.3 is 0 Å². The van der Waals surface area contributed by atoms with Crippen molar-refractivity contribution in [1.82, 2.24) is 9.73 Å². The Morgan fingerprint density at radius 3 is 2.58 bits per heavy atom. The molecular weight excluding hydrogens is 350 g/mol. The van der Waals surface area contributed by atoms with Crippen LogP contribution in [0.15, 0.2) is 64.6 Å². The summed E-state index contributed by atoms with van der Waals surface area (Å²) in [5.41, 5.74) is 3.00. The van der Waals surface area contributed by atoms with Crippen LogP contribution in [0.1, 0.15) is 5.56 Å². The summed E-state index contributed by atoms with van der Waals surface area (Å²) in [6, 6.07) is 14.8. The minimum atomic E-state index is -3.71. The number of hydrazone groups is 1. The standard InChI is InChI=1S/C16H16ClN3O3S/c1-20(24(22,23)15-8-3-2-4-9-15)12-16(21)19-18-11-13-6-5-7-14(17)10-13/h2-11H,12H2,1H3,(H,19,21)/b18-11-. The lowest BCUT2D eigenvalue weighted by Crippen LogP contribution is -2.36. The minimum absolute atomic E-state index is 0.128. The highest BCUT2D eigenvalue weighted by Gasteiger charge is 2.22. The van der Waals surface area contributed by atoms with Gasteiger partial charge in [-0.25, -0.2) is 13.8 Å². The molecule has 0 heterocycles. The molecule has 24 heavy (non-hydrogen) atoms. The molecule has 0 saturated heterocycles. The Morgan fingerprint density at radius 1 is 1.21 bits per heavy atom. The van der Waals surface area contributed by atoms with E-state index in [0.717, 1.165) is 4.31 Å². The van der Waals surface area contributed by atoms with Crippen LogP contribution in [0.25, 0.3) is 0 Å². The number of hydrogen-bond donors (Lipinski definition) is 1. The monoisotopic (exact) mass is 365 g/mol. The van der Waals surface area contributed by atoms with Crippen molar-refractivity contribution in [1.29, 1.82) is 0 Å². The van der Waals surface area contributed by atoms with Gasteiger partial charge in [0.1, 0.15) is 0 Å². The van der Waals surface area contributed by atoms with Crippen LogP contribution in [0, 0.1) is 0 Å². The number of carbonyl (C=O) groups is 1. The van der Waals surface area contributed by atoms with E-state index in [4.69, 9.17) is 11.6 Å². The number of carbonyl (C=O) groups excluding carboxylic acids is 1. The number of amides is 1. The first-order valence-electron chi connectivity index (χ1n) is 6.98. The van der Waals surface area contributed by atoms with Gasteiger partial charge in [-0.05, 0) is 29.8 Å². The first kappa shape index (κ1) is 18.1. The fraction of sp³-hybridized carbons (Fsp3) is 0.125. The molecule has 0 aromatic heterocycles. The lowest BCUT2D eigenvalue weighted by atomic mass is 10.2. The zero-order chi connectivity index (χ0) is 17.6. The number of nitrogens with one attached hydrogen (secondary N) is 1. The third-order valence-electron chi connectivity index (χ3n) is 3.07. The Balaban J connectivity index is 1.94. The van der Waals surface area contributed by atoms with Crippen molar-refractivity contribution in [3.63, 3.8) is 0 Å². The molecule has 0 aliphatic carbocycles. The normalized spacial score (nSPS) is 11.8. The van der Waals surface area contributed by atoms with E-state index >= 15 is 0 Å². The van der Waals surface area contributed by atoms with Crippen LogP contribution in [-0.2, 0) is 14.8 Å². The van der Waals surface area contributed by atoms with E-state index in [9.17, 15) is 13.2 Å². The van der Waals surface area contributed by atoms with Gasteiger partial charge in [-0.3, -0.25) is 4.79 Å². The molecule has 0 aliphatic heterocycles. The molecule has 0 saturated carbocycles. The third-order valence-corrected chi connectivity index (χ3v) is 5.12. The summed E-state index contributed by atoms with van der Waals surface area (Å²) in [6.45, 7) is -0.343. The first-order chi connectivity index (χ1) is 11.4. The first-order valence-corrected chi connectivity index (χ1v) is 8.80. The van der Waals surface area contributed by atoms with Gasteiger partial charge in [-0.1, -0.05) is 41.9 Å². The molecule has 126 valence electrons. The average Bonchev–Trinajstić information content (AvgIpc) is 2.55. The van der Waals surface area contributed by atoms with Crippen molar-refractivity contribution in [2.24, 2.45) is 5.10 Å². The molecule has 0 aliphatic rings. The zero-order valence-corrected chi connectivity index (χ0v) is 14.5. The summed E-state index contributed by atoms with van der Waals surface area (Å²) in [4.78, 5) is 12.0. The van der Waals surface area contributed by atoms with E-state index in [-0.39, 0.29) is 11.4 Å². The van der Waals surface area contributed by atoms with E-state index in [1.807, 2.05) is 0 Å². The SMILES string of the molecule is CN(CC(=O)N/N=C\c1cccc(Cl)c1)S(=O)(=O)c1ccccc1. The van der Waals surface area contributed by atoms with Crippen LogP contribution in [0.2, 0.25) is 5.02 Å². The van der Waals surface area contributed by atoms with Gasteiger partial charge in [0.2, 0.25) is 10.0 Å². The van der Waals surface area contributed by atoms with E-state index in [2.05, 4.69) is 10.5 Å². The van der Waals surface area contributed by atoms with Gasteiger partial charge in [0, 0.05) is 12.1 Å². The van der Waals surface area contributed by atoms with Gasteiger partial charge in [0.15, 0.2) is 0 Å². The molecule has 0 bridgehead atoms. The van der Waals surface area contributed by atoms with Crippen LogP contribution in [0.4, 0.5) is 0 Å². The number of halogens is 1. The highest BCUT2D eigenvalue weighted by atomic mass is 35.5. The van der Waals surface area contributed by atoms with Gasteiger partial charge in [-0.15, -0.1) is 0 Å². The molecule has 0 atom stereocenters. The van der Waals surface area contributed by atoms with E-state index in [1.165, 1.54) is 25.4 Å². The minimum Gasteiger partial charge on any atom is -0.272 e. The molecule has 2 rings (SSSR count). The summed E-state index contributed by atoms with van der Waals surface area (Å²) < 4.78 is 25.6. The topological polar surface area (TPSA) is 78.8 Å². The van der Waals surface area contributed by atoms with Crippen LogP contribution in [0.5, 0.6) is 0 Å². The number of rotatable bonds is 6. The summed E-state index contributed by atoms with van der Waals surface area (Å²) >= 11 is 5.84. The van der Waals surface area contributed by atoms with E-state index in [1.54, 1.807) is 42.5 Å². The molecular formula is C16H16ClN3O3S. The zero-order valence-electron chi connectivity index (χ0n) is 12.9. The fourth-order valence-corrected chi connectivity index (χ4v) is 3.21. The predicted octanol–water partition coefficient (Wildman–Crippen LogP) is 2.11. The third kappa shape index (κ3) is 4.89. The number of sulfonamides is 1. The summed E-state index contributed by atoms with van der Waals surface area (Å²) in [7, 11) is -2.38. The molecule has 0 unspecified atom stereocenters. The van der Waals surface area contributed by atoms with Crippen LogP contribution >= 0.6 is 11.6 Å². The van der Waals surface area contributed by atoms with Crippen LogP contribution < -0.4 is 5.43 Å². The molecule has 0 spiro atoms. The summed E-state index contributed by atoms with van der Waals surface area (Å²) in [6.07, 6.45) is 1.43. The lowest BCUT2D eigenvalue weighted by Gasteiger charge is -2.15. The number of nitrogens with zero attached hydrogens (tertiary/aromatic N) is 2. The second kappa shape index (κ2) is 8.05. The Labute approximate surface area is 145 Å². The molecule has 2 aromatic carbocycles. The van der Waals surface area contributed by atoms with Crippen LogP contribution in [-0.4, -0.2) is 38.4 Å². The quantitative estimate of drug-likeness (QED) is 0.629. The Kier molecular flexibility index (Phi) is 6.08. The molecule has 1 amide bonds. The lowest BCUT2D eigenvalue weighted by molar-refractivity contribution is -0.121. The second-order valence-corrected chi connectivity index (χ2v) is 7.40. The molecule has 0 fully saturated rings. The maximum Gasteiger partial charge on any atom is 0.255 e. The Morgan fingerprint density at radius 2 is 1.92 bits per heavy atom. The van der Waals surface area contributed by atoms with Crippen molar-refractivity contribution in [2.75, 3.05) is 13.6 Å². The van der Waals surface area contributed by atoms with Gasteiger partial charge in [0.05, 0.1) is 17.7 Å². The van der Waals surface area contributed by atoms with Crippen molar-refractivity contribution < 1.29 is 13.2 Å². The van der Waals surface area contributed by atoms with Gasteiger partial charge in [-0.2, -0.15) is 9.41 Å². The summed E-state index contributed by atoms with van der Waals surface area (Å²) in [5, 5.41) is 4.34. The predicted molar refractivity (Wildman–Crippen MR) is 93.4 cm³/mol. The van der Waals surface area contributed by atoms with Gasteiger partial charge >= 0.3 is 0 Å². The fourth-order valence-electron chi connectivity index (χ4n) is 1.86. The average molecular weight is 366 g/mol. The maximum absolute atomic E-state index is 12.3. The van der Waals surface area contributed by atoms with Crippen molar-refractivity contribution in [2.45, 2.75) is 4.90 Å². The molecule has 2 aromatic rings. The van der Waals surface area contributed by atoms with Crippen molar-refractivity contribution >= 4 is 33.7 Å². The number of likely N-dealkylation sites (N-methyl/N-ethyl adjacent to an activating group) is 1. The largest absolute Gasteiger partial charge is 0.272 e. The van der Waals surface area contributed by atoms with Gasteiger partial charge in [0.25, 0.3) is 5.91 Å². The maximum atomic E-state index is 12.3. The van der Waals surface area contributed by atoms with Crippen molar-refractivity contribution in [3.05, 3.63) is 65.2 Å². The Hall–Kier alpha value is -2.22. The molecule has 8 heteroatoms. The highest BCUT2D eigenvalue weighted by Crippen LogP contribution is 2.13. The highest BCUT2D eigenvalue weighted by molar-refractivity contribution is 7.89. The molecule has 1 N–H and O–H groups in total. The second-order valence-electron chi connectivity index (χ2n) is 4.92. The smallest absolute Gasteiger partial charge is 0.255 e. The Bertz CT molecular complexity index is 839. The number of hydrogen-bond acceptors (Lipinski definition) is 4. The summed E-state index contributed by atoms with van der Waals surface area (Å²) in [5.74, 6) is -0.546. The van der Waals surface area contributed by atoms with E-state index in [0.29, 0.717) is 10.6 Å². The van der Waals surface area contributed by atoms with Crippen LogP contribution in [0.3, 0.4) is 0 Å². The number of benzene rings is 2. The van der Waals surface area contributed by atoms with Crippen molar-refractivity contribution in [3.8, 4) is 0 Å². The molecule has 0 radical (unpaired) electrons. The molecule has 6 nitrogen and oxygen atoms in total.